The topological polar surface area (TPSA) is 83.4 Å². The summed E-state index contributed by atoms with van der Waals surface area (Å²) in [5.41, 5.74) is 2.15. The molecule has 1 atom stereocenters. The van der Waals surface area contributed by atoms with Gasteiger partial charge in [0.25, 0.3) is 5.78 Å². The van der Waals surface area contributed by atoms with Gasteiger partial charge < -0.3 is 5.11 Å². The first-order chi connectivity index (χ1) is 17.4. The van der Waals surface area contributed by atoms with Crippen LogP contribution in [0.2, 0.25) is 5.02 Å². The van der Waals surface area contributed by atoms with Crippen LogP contribution in [-0.2, 0) is 15.3 Å². The molecule has 2 heterocycles. The van der Waals surface area contributed by atoms with Crippen molar-refractivity contribution in [2.45, 2.75) is 16.1 Å². The molecule has 1 aliphatic rings. The van der Waals surface area contributed by atoms with Crippen molar-refractivity contribution >= 4 is 73.2 Å². The number of rotatable bonds is 6. The van der Waals surface area contributed by atoms with Gasteiger partial charge in [0, 0.05) is 20.8 Å². The summed E-state index contributed by atoms with van der Waals surface area (Å²) in [6.07, 6.45) is 0. The number of benzene rings is 3. The summed E-state index contributed by atoms with van der Waals surface area (Å²) in [6, 6.07) is 22.8. The molecule has 0 saturated carbocycles. The molecule has 1 aromatic heterocycles. The number of aromatic nitrogens is 2. The van der Waals surface area contributed by atoms with E-state index >= 15 is 0 Å². The van der Waals surface area contributed by atoms with E-state index in [0.717, 1.165) is 10.0 Å². The molecule has 0 spiro atoms. The maximum absolute atomic E-state index is 13.3. The third-order valence-corrected chi connectivity index (χ3v) is 8.41. The van der Waals surface area contributed by atoms with Crippen LogP contribution in [0.1, 0.15) is 22.7 Å². The summed E-state index contributed by atoms with van der Waals surface area (Å²) in [7, 11) is 0. The van der Waals surface area contributed by atoms with E-state index in [0.29, 0.717) is 26.2 Å². The van der Waals surface area contributed by atoms with Gasteiger partial charge in [-0.05, 0) is 47.5 Å². The zero-order valence-corrected chi connectivity index (χ0v) is 22.4. The molecule has 0 aliphatic carbocycles. The fourth-order valence-electron chi connectivity index (χ4n) is 3.86. The second kappa shape index (κ2) is 10.6. The molecule has 3 aromatic carbocycles. The van der Waals surface area contributed by atoms with Gasteiger partial charge in [0.05, 0.1) is 11.6 Å². The van der Waals surface area contributed by atoms with Crippen molar-refractivity contribution in [2.24, 2.45) is 0 Å². The molecular weight excluding hydrogens is 582 g/mol. The molecule has 4 aromatic rings. The number of aliphatic hydroxyl groups is 1. The summed E-state index contributed by atoms with van der Waals surface area (Å²) in [5, 5.41) is 20.4. The van der Waals surface area contributed by atoms with Gasteiger partial charge in [0.15, 0.2) is 4.34 Å². The Morgan fingerprint density at radius 1 is 1.03 bits per heavy atom. The van der Waals surface area contributed by atoms with Gasteiger partial charge in [-0.25, -0.2) is 0 Å². The molecule has 1 fully saturated rings. The van der Waals surface area contributed by atoms with Crippen molar-refractivity contribution in [1.82, 2.24) is 10.2 Å². The fraction of sp³-hybridized carbons (Fsp3) is 0.0769. The molecule has 1 N–H and O–H groups in total. The van der Waals surface area contributed by atoms with Crippen molar-refractivity contribution in [3.8, 4) is 0 Å². The van der Waals surface area contributed by atoms with E-state index in [1.54, 1.807) is 30.3 Å². The Labute approximate surface area is 228 Å². The summed E-state index contributed by atoms with van der Waals surface area (Å²) in [4.78, 5) is 27.9. The van der Waals surface area contributed by atoms with Crippen LogP contribution in [-0.4, -0.2) is 27.0 Å². The van der Waals surface area contributed by atoms with Crippen molar-refractivity contribution in [3.05, 3.63) is 111 Å². The Hall–Kier alpha value is -2.98. The second-order valence-corrected chi connectivity index (χ2v) is 11.4. The van der Waals surface area contributed by atoms with E-state index in [1.165, 1.54) is 28.0 Å². The van der Waals surface area contributed by atoms with Crippen molar-refractivity contribution < 1.29 is 14.7 Å². The number of hydrogen-bond acceptors (Lipinski definition) is 7. The lowest BCUT2D eigenvalue weighted by Crippen LogP contribution is -2.29. The monoisotopic (exact) mass is 597 g/mol. The highest BCUT2D eigenvalue weighted by Gasteiger charge is 2.48. The van der Waals surface area contributed by atoms with E-state index in [1.807, 2.05) is 48.5 Å². The highest BCUT2D eigenvalue weighted by molar-refractivity contribution is 9.10. The molecular formula is C26H17BrClN3O3S2. The van der Waals surface area contributed by atoms with Crippen LogP contribution in [0.25, 0.3) is 5.76 Å². The van der Waals surface area contributed by atoms with Crippen LogP contribution in [0.3, 0.4) is 0 Å². The molecule has 1 unspecified atom stereocenters. The third-order valence-electron chi connectivity index (χ3n) is 5.53. The molecule has 36 heavy (non-hydrogen) atoms. The van der Waals surface area contributed by atoms with Crippen molar-refractivity contribution in [1.29, 1.82) is 0 Å². The van der Waals surface area contributed by atoms with Gasteiger partial charge in [-0.1, -0.05) is 93.1 Å². The van der Waals surface area contributed by atoms with E-state index < -0.39 is 17.7 Å². The van der Waals surface area contributed by atoms with Gasteiger partial charge in [0.1, 0.15) is 5.76 Å². The number of hydrogen-bond donors (Lipinski definition) is 1. The van der Waals surface area contributed by atoms with Crippen LogP contribution >= 0.6 is 50.6 Å². The number of nitrogens with zero attached hydrogens (tertiary/aromatic N) is 3. The Balaban J connectivity index is 1.55. The molecule has 10 heteroatoms. The smallest absolute Gasteiger partial charge is 0.301 e. The number of aliphatic hydroxyl groups excluding tert-OH is 1. The first-order valence-electron chi connectivity index (χ1n) is 10.7. The highest BCUT2D eigenvalue weighted by Crippen LogP contribution is 2.44. The van der Waals surface area contributed by atoms with E-state index in [9.17, 15) is 14.7 Å². The van der Waals surface area contributed by atoms with Crippen LogP contribution < -0.4 is 4.90 Å². The first-order valence-corrected chi connectivity index (χ1v) is 13.7. The Kier molecular flexibility index (Phi) is 7.25. The Morgan fingerprint density at radius 2 is 1.78 bits per heavy atom. The SMILES string of the molecule is O=C1C(=O)N(c2nnc(SCc3ccccc3)s2)C(c2cccc(Br)c2)/C1=C(/O)c1ccc(Cl)cc1. The second-order valence-electron chi connectivity index (χ2n) is 7.86. The number of anilines is 1. The zero-order valence-electron chi connectivity index (χ0n) is 18.5. The first kappa shape index (κ1) is 24.7. The molecule has 180 valence electrons. The number of amides is 1. The summed E-state index contributed by atoms with van der Waals surface area (Å²) in [5.74, 6) is -1.15. The summed E-state index contributed by atoms with van der Waals surface area (Å²) in [6.45, 7) is 0. The van der Waals surface area contributed by atoms with Crippen LogP contribution in [0.15, 0.2) is 93.2 Å². The molecule has 0 radical (unpaired) electrons. The number of carbonyl (C=O) groups excluding carboxylic acids is 2. The van der Waals surface area contributed by atoms with E-state index in [-0.39, 0.29) is 16.5 Å². The average molecular weight is 599 g/mol. The van der Waals surface area contributed by atoms with Crippen LogP contribution in [0, 0.1) is 0 Å². The molecule has 5 rings (SSSR count). The van der Waals surface area contributed by atoms with Crippen molar-refractivity contribution in [3.63, 3.8) is 0 Å². The fourth-order valence-corrected chi connectivity index (χ4v) is 6.23. The molecule has 0 bridgehead atoms. The van der Waals surface area contributed by atoms with Gasteiger partial charge in [0.2, 0.25) is 5.13 Å². The van der Waals surface area contributed by atoms with E-state index in [4.69, 9.17) is 11.6 Å². The summed E-state index contributed by atoms with van der Waals surface area (Å²) < 4.78 is 1.44. The van der Waals surface area contributed by atoms with E-state index in [2.05, 4.69) is 26.1 Å². The van der Waals surface area contributed by atoms with Gasteiger partial charge >= 0.3 is 5.91 Å². The number of thioether (sulfide) groups is 1. The predicted octanol–water partition coefficient (Wildman–Crippen LogP) is 6.87. The lowest BCUT2D eigenvalue weighted by atomic mass is 9.95. The van der Waals surface area contributed by atoms with Crippen LogP contribution in [0.5, 0.6) is 0 Å². The minimum atomic E-state index is -0.877. The largest absolute Gasteiger partial charge is 0.507 e. The van der Waals surface area contributed by atoms with Crippen molar-refractivity contribution in [2.75, 3.05) is 4.90 Å². The number of ketones is 1. The standard InChI is InChI=1S/C26H17BrClN3O3S2/c27-18-8-4-7-17(13-18)21-20(22(32)16-9-11-19(28)12-10-16)23(33)24(34)31(21)25-29-30-26(36-25)35-14-15-5-2-1-3-6-15/h1-13,21,32H,14H2/b22-20-. The number of Topliss-reactive ketones (excluding diaryl/α,β-unsaturated/α-hetero) is 1. The minimum Gasteiger partial charge on any atom is -0.507 e. The number of halogens is 2. The maximum atomic E-state index is 13.3. The molecule has 1 amide bonds. The predicted molar refractivity (Wildman–Crippen MR) is 146 cm³/mol. The Bertz CT molecular complexity index is 1480. The number of carbonyl (C=O) groups is 2. The minimum absolute atomic E-state index is 0.0193. The lowest BCUT2D eigenvalue weighted by Gasteiger charge is -2.22. The average Bonchev–Trinajstić information content (AvgIpc) is 3.45. The molecule has 1 saturated heterocycles. The highest BCUT2D eigenvalue weighted by atomic mass is 79.9. The molecule has 6 nitrogen and oxygen atoms in total. The van der Waals surface area contributed by atoms with Gasteiger partial charge in [-0.3, -0.25) is 14.5 Å². The van der Waals surface area contributed by atoms with Gasteiger partial charge in [-0.15, -0.1) is 10.2 Å². The maximum Gasteiger partial charge on any atom is 0.301 e. The van der Waals surface area contributed by atoms with Crippen LogP contribution in [0.4, 0.5) is 5.13 Å². The third kappa shape index (κ3) is 4.97. The lowest BCUT2D eigenvalue weighted by molar-refractivity contribution is -0.132. The quantitative estimate of drug-likeness (QED) is 0.0857. The zero-order chi connectivity index (χ0) is 25.2. The Morgan fingerprint density at radius 3 is 2.50 bits per heavy atom. The van der Waals surface area contributed by atoms with Gasteiger partial charge in [-0.2, -0.15) is 0 Å². The summed E-state index contributed by atoms with van der Waals surface area (Å²) >= 11 is 12.2. The molecule has 1 aliphatic heterocycles. The normalized spacial score (nSPS) is 17.1.